The molecule has 0 spiro atoms. The molecular formula is C14H16ClFN2O4. The van der Waals surface area contributed by atoms with Crippen molar-refractivity contribution in [2.75, 3.05) is 29.7 Å². The highest BCUT2D eigenvalue weighted by molar-refractivity contribution is 6.29. The van der Waals surface area contributed by atoms with Crippen molar-refractivity contribution in [2.45, 2.75) is 18.9 Å². The fraction of sp³-hybridized carbons (Fsp3) is 0.429. The molecule has 1 heterocycles. The average Bonchev–Trinajstić information content (AvgIpc) is 2.39. The molecule has 0 aromatic heterocycles. The molecule has 0 saturated carbocycles. The molecule has 3 N–H and O–H groups in total. The minimum atomic E-state index is -1.06. The van der Waals surface area contributed by atoms with Gasteiger partial charge in [-0.25, -0.2) is 4.39 Å². The van der Waals surface area contributed by atoms with Crippen molar-refractivity contribution in [1.82, 2.24) is 0 Å². The van der Waals surface area contributed by atoms with Crippen LogP contribution in [0.15, 0.2) is 12.1 Å². The van der Waals surface area contributed by atoms with Crippen LogP contribution in [0.4, 0.5) is 15.8 Å². The molecule has 1 fully saturated rings. The summed E-state index contributed by atoms with van der Waals surface area (Å²) in [7, 11) is 0. The Morgan fingerprint density at radius 3 is 2.73 bits per heavy atom. The van der Waals surface area contributed by atoms with E-state index in [0.717, 1.165) is 12.5 Å². The predicted molar refractivity (Wildman–Crippen MR) is 79.9 cm³/mol. The minimum absolute atomic E-state index is 0.0303. The number of amides is 1. The van der Waals surface area contributed by atoms with Crippen LogP contribution in [0.25, 0.3) is 0 Å². The molecule has 0 unspecified atom stereocenters. The van der Waals surface area contributed by atoms with Crippen molar-refractivity contribution in [3.8, 4) is 0 Å². The molecular weight excluding hydrogens is 315 g/mol. The van der Waals surface area contributed by atoms with E-state index in [9.17, 15) is 14.0 Å². The van der Waals surface area contributed by atoms with E-state index in [1.165, 1.54) is 6.07 Å². The second-order valence-corrected chi connectivity index (χ2v) is 5.18. The van der Waals surface area contributed by atoms with Crippen LogP contribution in [-0.2, 0) is 20.7 Å². The number of hydrogen-bond donors (Lipinski definition) is 3. The van der Waals surface area contributed by atoms with Crippen LogP contribution in [0.5, 0.6) is 0 Å². The fourth-order valence-corrected chi connectivity index (χ4v) is 2.11. The largest absolute Gasteiger partial charge is 0.481 e. The molecule has 2 rings (SSSR count). The van der Waals surface area contributed by atoms with Gasteiger partial charge in [0.15, 0.2) is 0 Å². The summed E-state index contributed by atoms with van der Waals surface area (Å²) in [6.07, 6.45) is 0.617. The van der Waals surface area contributed by atoms with E-state index in [-0.39, 0.29) is 24.1 Å². The Morgan fingerprint density at radius 1 is 1.45 bits per heavy atom. The van der Waals surface area contributed by atoms with Gasteiger partial charge in [-0.3, -0.25) is 9.59 Å². The maximum Gasteiger partial charge on any atom is 0.307 e. The van der Waals surface area contributed by atoms with Gasteiger partial charge < -0.3 is 20.5 Å². The van der Waals surface area contributed by atoms with Crippen molar-refractivity contribution in [3.05, 3.63) is 23.5 Å². The first-order valence-electron chi connectivity index (χ1n) is 6.75. The third-order valence-electron chi connectivity index (χ3n) is 3.20. The van der Waals surface area contributed by atoms with Crippen LogP contribution in [0.2, 0.25) is 0 Å². The van der Waals surface area contributed by atoms with E-state index >= 15 is 0 Å². The maximum atomic E-state index is 14.2. The summed E-state index contributed by atoms with van der Waals surface area (Å²) < 4.78 is 19.4. The lowest BCUT2D eigenvalue weighted by Gasteiger charge is -2.27. The van der Waals surface area contributed by atoms with Crippen LogP contribution < -0.4 is 10.6 Å². The Morgan fingerprint density at radius 2 is 2.18 bits per heavy atom. The number of aliphatic carboxylic acids is 1. The third kappa shape index (κ3) is 4.32. The Labute approximate surface area is 131 Å². The van der Waals surface area contributed by atoms with Crippen molar-refractivity contribution in [1.29, 1.82) is 0 Å². The van der Waals surface area contributed by atoms with E-state index in [2.05, 4.69) is 10.6 Å². The quantitative estimate of drug-likeness (QED) is 0.664. The summed E-state index contributed by atoms with van der Waals surface area (Å²) in [6, 6.07) is 2.59. The van der Waals surface area contributed by atoms with Gasteiger partial charge in [-0.05, 0) is 24.1 Å². The Hall–Kier alpha value is -1.86. The Balaban J connectivity index is 2.22. The molecule has 1 atom stereocenters. The molecule has 1 aromatic carbocycles. The van der Waals surface area contributed by atoms with Gasteiger partial charge in [0.25, 0.3) is 0 Å². The van der Waals surface area contributed by atoms with Crippen LogP contribution in [0.1, 0.15) is 12.0 Å². The summed E-state index contributed by atoms with van der Waals surface area (Å²) in [5.41, 5.74) is 0.565. The number of ether oxygens (including phenoxy) is 1. The number of benzene rings is 1. The number of nitrogens with one attached hydrogen (secondary N) is 2. The first-order chi connectivity index (χ1) is 10.5. The predicted octanol–water partition coefficient (Wildman–Crippen LogP) is 1.83. The number of carboxylic acid groups (broad SMARTS) is 1. The first-order valence-corrected chi connectivity index (χ1v) is 7.28. The molecule has 0 radical (unpaired) electrons. The summed E-state index contributed by atoms with van der Waals surface area (Å²) in [6.45, 7) is 1.13. The third-order valence-corrected chi connectivity index (χ3v) is 3.45. The molecule has 1 saturated heterocycles. The molecule has 1 aromatic rings. The van der Waals surface area contributed by atoms with E-state index < -0.39 is 17.7 Å². The average molecular weight is 331 g/mol. The highest BCUT2D eigenvalue weighted by Gasteiger charge is 2.20. The number of carboxylic acids is 1. The van der Waals surface area contributed by atoms with E-state index in [1.807, 2.05) is 0 Å². The lowest BCUT2D eigenvalue weighted by atomic mass is 10.1. The van der Waals surface area contributed by atoms with Crippen molar-refractivity contribution in [2.24, 2.45) is 0 Å². The van der Waals surface area contributed by atoms with Gasteiger partial charge in [0.2, 0.25) is 5.91 Å². The van der Waals surface area contributed by atoms with Crippen LogP contribution in [0, 0.1) is 5.82 Å². The van der Waals surface area contributed by atoms with Gasteiger partial charge in [-0.2, -0.15) is 0 Å². The highest BCUT2D eigenvalue weighted by atomic mass is 35.5. The van der Waals surface area contributed by atoms with Gasteiger partial charge >= 0.3 is 5.97 Å². The number of carbonyl (C=O) groups excluding carboxylic acids is 1. The molecule has 1 aliphatic rings. The van der Waals surface area contributed by atoms with Gasteiger partial charge in [-0.1, -0.05) is 0 Å². The molecule has 8 heteroatoms. The zero-order valence-electron chi connectivity index (χ0n) is 11.7. The SMILES string of the molecule is O=C(O)Cc1cc(F)c(NC(=O)CCl)c(NC[C@@H]2CCO2)c1. The summed E-state index contributed by atoms with van der Waals surface area (Å²) >= 11 is 5.41. The lowest BCUT2D eigenvalue weighted by molar-refractivity contribution is -0.136. The van der Waals surface area contributed by atoms with Gasteiger partial charge in [-0.15, -0.1) is 11.6 Å². The second kappa shape index (κ2) is 7.42. The zero-order chi connectivity index (χ0) is 16.1. The fourth-order valence-electron chi connectivity index (χ4n) is 2.05. The van der Waals surface area contributed by atoms with Gasteiger partial charge in [0, 0.05) is 13.2 Å². The molecule has 120 valence electrons. The smallest absolute Gasteiger partial charge is 0.307 e. The Kier molecular flexibility index (Phi) is 5.57. The Bertz CT molecular complexity index is 578. The number of rotatable bonds is 7. The molecule has 1 amide bonds. The topological polar surface area (TPSA) is 87.7 Å². The number of halogens is 2. The molecule has 6 nitrogen and oxygen atoms in total. The van der Waals surface area contributed by atoms with Gasteiger partial charge in [0.1, 0.15) is 17.4 Å². The first kappa shape index (κ1) is 16.5. The molecule has 22 heavy (non-hydrogen) atoms. The number of carbonyl (C=O) groups is 2. The van der Waals surface area contributed by atoms with Crippen molar-refractivity contribution >= 4 is 34.9 Å². The summed E-state index contributed by atoms with van der Waals surface area (Å²) in [4.78, 5) is 22.2. The second-order valence-electron chi connectivity index (χ2n) is 4.91. The van der Waals surface area contributed by atoms with Crippen LogP contribution in [-0.4, -0.2) is 42.1 Å². The molecule has 1 aliphatic heterocycles. The standard InChI is InChI=1S/C14H16ClFN2O4/c15-6-12(19)18-14-10(16)3-8(5-13(20)21)4-11(14)17-7-9-1-2-22-9/h3-4,9,17H,1-2,5-7H2,(H,18,19)(H,20,21)/t9-/m0/s1. The number of anilines is 2. The number of alkyl halides is 1. The minimum Gasteiger partial charge on any atom is -0.481 e. The molecule has 0 aliphatic carbocycles. The zero-order valence-corrected chi connectivity index (χ0v) is 12.5. The van der Waals surface area contributed by atoms with E-state index in [4.69, 9.17) is 21.4 Å². The van der Waals surface area contributed by atoms with E-state index in [0.29, 0.717) is 24.4 Å². The summed E-state index contributed by atoms with van der Waals surface area (Å²) in [5, 5.41) is 14.2. The number of hydrogen-bond acceptors (Lipinski definition) is 4. The highest BCUT2D eigenvalue weighted by Crippen LogP contribution is 2.28. The monoisotopic (exact) mass is 330 g/mol. The van der Waals surface area contributed by atoms with Crippen molar-refractivity contribution < 1.29 is 23.8 Å². The molecule has 0 bridgehead atoms. The maximum absolute atomic E-state index is 14.2. The van der Waals surface area contributed by atoms with Gasteiger partial charge in [0.05, 0.1) is 18.2 Å². The van der Waals surface area contributed by atoms with Crippen LogP contribution >= 0.6 is 11.6 Å². The van der Waals surface area contributed by atoms with Crippen LogP contribution in [0.3, 0.4) is 0 Å². The van der Waals surface area contributed by atoms with E-state index in [1.54, 1.807) is 0 Å². The van der Waals surface area contributed by atoms with Crippen molar-refractivity contribution in [3.63, 3.8) is 0 Å². The summed E-state index contributed by atoms with van der Waals surface area (Å²) in [5.74, 6) is -2.63. The lowest BCUT2D eigenvalue weighted by Crippen LogP contribution is -2.33. The normalized spacial score (nSPS) is 16.7.